The average Bonchev–Trinajstić information content (AvgIpc) is 2.94. The van der Waals surface area contributed by atoms with Gasteiger partial charge in [-0.05, 0) is 38.4 Å². The Morgan fingerprint density at radius 3 is 2.45 bits per heavy atom. The molecular formula is C15H25NO3S. The van der Waals surface area contributed by atoms with Crippen molar-refractivity contribution in [3.63, 3.8) is 0 Å². The third-order valence-corrected chi connectivity index (χ3v) is 6.35. The molecule has 2 rings (SSSR count). The van der Waals surface area contributed by atoms with E-state index in [1.165, 1.54) is 25.7 Å². The topological polar surface area (TPSA) is 66.4 Å². The van der Waals surface area contributed by atoms with Crippen molar-refractivity contribution in [1.29, 1.82) is 0 Å². The third kappa shape index (κ3) is 3.68. The number of carboxylic acids is 1. The van der Waals surface area contributed by atoms with Crippen LogP contribution < -0.4 is 5.32 Å². The molecule has 2 fully saturated rings. The summed E-state index contributed by atoms with van der Waals surface area (Å²) in [6.07, 6.45) is 9.89. The van der Waals surface area contributed by atoms with Crippen LogP contribution in [0.4, 0.5) is 0 Å². The molecule has 0 radical (unpaired) electrons. The van der Waals surface area contributed by atoms with E-state index in [0.717, 1.165) is 19.4 Å². The number of carboxylic acid groups (broad SMARTS) is 1. The van der Waals surface area contributed by atoms with Crippen LogP contribution in [0.15, 0.2) is 0 Å². The Labute approximate surface area is 125 Å². The van der Waals surface area contributed by atoms with Crippen LogP contribution in [0.3, 0.4) is 0 Å². The lowest BCUT2D eigenvalue weighted by molar-refractivity contribution is -0.144. The van der Waals surface area contributed by atoms with E-state index in [1.54, 1.807) is 0 Å². The second kappa shape index (κ2) is 6.83. The molecule has 2 unspecified atom stereocenters. The van der Waals surface area contributed by atoms with Crippen molar-refractivity contribution in [3.8, 4) is 0 Å². The maximum absolute atomic E-state index is 12.3. The summed E-state index contributed by atoms with van der Waals surface area (Å²) < 4.78 is 0.219. The summed E-state index contributed by atoms with van der Waals surface area (Å²) in [7, 11) is 0. The largest absolute Gasteiger partial charge is 0.481 e. The quantitative estimate of drug-likeness (QED) is 0.819. The number of carbonyl (C=O) groups is 2. The first kappa shape index (κ1) is 15.7. The van der Waals surface area contributed by atoms with Crippen LogP contribution in [0.2, 0.25) is 0 Å². The van der Waals surface area contributed by atoms with Crippen LogP contribution in [-0.4, -0.2) is 34.5 Å². The van der Waals surface area contributed by atoms with Crippen LogP contribution in [0.25, 0.3) is 0 Å². The molecule has 5 heteroatoms. The molecule has 2 N–H and O–H groups in total. The fourth-order valence-electron chi connectivity index (χ4n) is 3.52. The summed E-state index contributed by atoms with van der Waals surface area (Å²) in [4.78, 5) is 23.3. The first-order chi connectivity index (χ1) is 9.56. The highest BCUT2D eigenvalue weighted by Gasteiger charge is 2.35. The molecule has 114 valence electrons. The molecule has 4 nitrogen and oxygen atoms in total. The molecule has 0 bridgehead atoms. The molecule has 1 amide bonds. The summed E-state index contributed by atoms with van der Waals surface area (Å²) in [6, 6.07) is 0. The molecule has 2 atom stereocenters. The van der Waals surface area contributed by atoms with Crippen molar-refractivity contribution in [2.24, 2.45) is 11.8 Å². The highest BCUT2D eigenvalue weighted by molar-refractivity contribution is 8.00. The number of thioether (sulfide) groups is 1. The molecule has 2 saturated carbocycles. The lowest BCUT2D eigenvalue weighted by Crippen LogP contribution is -2.42. The molecule has 0 aromatic carbocycles. The molecule has 0 spiro atoms. The molecule has 0 aliphatic heterocycles. The Morgan fingerprint density at radius 2 is 1.85 bits per heavy atom. The summed E-state index contributed by atoms with van der Waals surface area (Å²) in [5.41, 5.74) is 0. The second-order valence-electron chi connectivity index (χ2n) is 6.21. The predicted octanol–water partition coefficient (Wildman–Crippen LogP) is 2.67. The Hall–Kier alpha value is -0.710. The van der Waals surface area contributed by atoms with Gasteiger partial charge in [0.05, 0.1) is 5.92 Å². The van der Waals surface area contributed by atoms with E-state index in [1.807, 2.05) is 11.8 Å². The molecule has 2 aliphatic rings. The lowest BCUT2D eigenvalue weighted by Gasteiger charge is -2.30. The van der Waals surface area contributed by atoms with Crippen molar-refractivity contribution in [2.45, 2.75) is 56.1 Å². The average molecular weight is 299 g/mol. The van der Waals surface area contributed by atoms with Crippen molar-refractivity contribution in [3.05, 3.63) is 0 Å². The normalized spacial score (nSPS) is 29.1. The maximum atomic E-state index is 12.3. The Morgan fingerprint density at radius 1 is 1.20 bits per heavy atom. The highest BCUT2D eigenvalue weighted by atomic mass is 32.2. The minimum atomic E-state index is -0.751. The Balaban J connectivity index is 1.83. The molecule has 0 heterocycles. The summed E-state index contributed by atoms with van der Waals surface area (Å²) in [5.74, 6) is -1.12. The fourth-order valence-corrected chi connectivity index (χ4v) is 4.43. The van der Waals surface area contributed by atoms with E-state index in [-0.39, 0.29) is 22.5 Å². The standard InChI is InChI=1S/C15H25NO3S/c1-20-15(7-2-3-8-15)10-16-13(17)11-5-4-6-12(9-11)14(18)19/h11-12H,2-10H2,1H3,(H,16,17)(H,18,19). The van der Waals surface area contributed by atoms with E-state index in [2.05, 4.69) is 11.6 Å². The monoisotopic (exact) mass is 299 g/mol. The van der Waals surface area contributed by atoms with Gasteiger partial charge in [0.25, 0.3) is 0 Å². The maximum Gasteiger partial charge on any atom is 0.306 e. The van der Waals surface area contributed by atoms with Gasteiger partial charge >= 0.3 is 5.97 Å². The zero-order valence-corrected chi connectivity index (χ0v) is 13.0. The predicted molar refractivity (Wildman–Crippen MR) is 80.8 cm³/mol. The van der Waals surface area contributed by atoms with Crippen molar-refractivity contribution >= 4 is 23.6 Å². The number of amides is 1. The lowest BCUT2D eigenvalue weighted by atomic mass is 9.81. The Bertz CT molecular complexity index is 366. The van der Waals surface area contributed by atoms with Gasteiger partial charge < -0.3 is 10.4 Å². The van der Waals surface area contributed by atoms with Gasteiger partial charge in [-0.1, -0.05) is 19.3 Å². The number of nitrogens with one attached hydrogen (secondary N) is 1. The van der Waals surface area contributed by atoms with Gasteiger partial charge in [-0.3, -0.25) is 9.59 Å². The van der Waals surface area contributed by atoms with Crippen molar-refractivity contribution < 1.29 is 14.7 Å². The number of rotatable bonds is 5. The van der Waals surface area contributed by atoms with E-state index < -0.39 is 5.97 Å². The molecule has 20 heavy (non-hydrogen) atoms. The van der Waals surface area contributed by atoms with Gasteiger partial charge in [0.2, 0.25) is 5.91 Å². The van der Waals surface area contributed by atoms with E-state index in [0.29, 0.717) is 12.8 Å². The highest BCUT2D eigenvalue weighted by Crippen LogP contribution is 2.39. The molecular weight excluding hydrogens is 274 g/mol. The smallest absolute Gasteiger partial charge is 0.306 e. The number of aliphatic carboxylic acids is 1. The zero-order valence-electron chi connectivity index (χ0n) is 12.2. The summed E-state index contributed by atoms with van der Waals surface area (Å²) >= 11 is 1.87. The second-order valence-corrected chi connectivity index (χ2v) is 7.49. The van der Waals surface area contributed by atoms with E-state index in [4.69, 9.17) is 5.11 Å². The number of carbonyl (C=O) groups excluding carboxylic acids is 1. The van der Waals surface area contributed by atoms with Crippen molar-refractivity contribution in [1.82, 2.24) is 5.32 Å². The van der Waals surface area contributed by atoms with Crippen LogP contribution >= 0.6 is 11.8 Å². The van der Waals surface area contributed by atoms with Gasteiger partial charge in [0.15, 0.2) is 0 Å². The third-order valence-electron chi connectivity index (χ3n) is 4.93. The Kier molecular flexibility index (Phi) is 5.35. The minimum absolute atomic E-state index is 0.0660. The van der Waals surface area contributed by atoms with E-state index >= 15 is 0 Å². The van der Waals surface area contributed by atoms with Crippen molar-refractivity contribution in [2.75, 3.05) is 12.8 Å². The van der Waals surface area contributed by atoms with Crippen LogP contribution in [0.5, 0.6) is 0 Å². The van der Waals surface area contributed by atoms with Gasteiger partial charge in [-0.25, -0.2) is 0 Å². The SMILES string of the molecule is CSC1(CNC(=O)C2CCCC(C(=O)O)C2)CCCC1. The van der Waals surface area contributed by atoms with Crippen LogP contribution in [0.1, 0.15) is 51.4 Å². The molecule has 0 aromatic rings. The molecule has 0 aromatic heterocycles. The van der Waals surface area contributed by atoms with Crippen LogP contribution in [-0.2, 0) is 9.59 Å². The van der Waals surface area contributed by atoms with E-state index in [9.17, 15) is 9.59 Å². The molecule has 0 saturated heterocycles. The molecule has 2 aliphatic carbocycles. The van der Waals surface area contributed by atoms with Gasteiger partial charge in [0, 0.05) is 17.2 Å². The van der Waals surface area contributed by atoms with Crippen LogP contribution in [0, 0.1) is 11.8 Å². The zero-order chi connectivity index (χ0) is 14.6. The summed E-state index contributed by atoms with van der Waals surface area (Å²) in [5, 5.41) is 12.2. The number of hydrogen-bond acceptors (Lipinski definition) is 3. The van der Waals surface area contributed by atoms with Gasteiger partial charge in [0.1, 0.15) is 0 Å². The van der Waals surface area contributed by atoms with Gasteiger partial charge in [-0.15, -0.1) is 0 Å². The summed E-state index contributed by atoms with van der Waals surface area (Å²) in [6.45, 7) is 0.737. The first-order valence-electron chi connectivity index (χ1n) is 7.62. The fraction of sp³-hybridized carbons (Fsp3) is 0.867. The first-order valence-corrected chi connectivity index (χ1v) is 8.84. The number of hydrogen-bond donors (Lipinski definition) is 2. The van der Waals surface area contributed by atoms with Gasteiger partial charge in [-0.2, -0.15) is 11.8 Å². The minimum Gasteiger partial charge on any atom is -0.481 e.